The van der Waals surface area contributed by atoms with E-state index in [4.69, 9.17) is 18.9 Å². The molecule has 49 heavy (non-hydrogen) atoms. The van der Waals surface area contributed by atoms with Crippen LogP contribution in [0.2, 0.25) is 0 Å². The minimum Gasteiger partial charge on any atom is -0.493 e. The fourth-order valence-corrected chi connectivity index (χ4v) is 8.16. The predicted molar refractivity (Wildman–Crippen MR) is 181 cm³/mol. The number of hydrogen-bond acceptors (Lipinski definition) is 9. The Labute approximate surface area is 286 Å². The molecule has 1 aromatic carbocycles. The van der Waals surface area contributed by atoms with Gasteiger partial charge in [0.15, 0.2) is 0 Å². The minimum atomic E-state index is -1.48. The van der Waals surface area contributed by atoms with E-state index in [9.17, 15) is 14.4 Å². The highest BCUT2D eigenvalue weighted by Gasteiger charge is 2.39. The van der Waals surface area contributed by atoms with E-state index in [-0.39, 0.29) is 24.5 Å². The molecule has 3 saturated heterocycles. The summed E-state index contributed by atoms with van der Waals surface area (Å²) in [5, 5.41) is 5.39. The largest absolute Gasteiger partial charge is 0.493 e. The number of amides is 1. The summed E-state index contributed by atoms with van der Waals surface area (Å²) in [6.07, 6.45) is 5.36. The second kappa shape index (κ2) is 13.8. The van der Waals surface area contributed by atoms with E-state index in [1.54, 1.807) is 48.0 Å². The molecule has 262 valence electrons. The Morgan fingerprint density at radius 1 is 1.14 bits per heavy atom. The van der Waals surface area contributed by atoms with Crippen molar-refractivity contribution in [1.82, 2.24) is 23.8 Å². The average molecular weight is 696 g/mol. The number of aryl methyl sites for hydroxylation is 1. The number of ether oxygens (including phenoxy) is 4. The number of hydrogen-bond donors (Lipinski definition) is 0. The van der Waals surface area contributed by atoms with Gasteiger partial charge in [-0.25, -0.2) is 18.4 Å². The Morgan fingerprint density at radius 3 is 2.57 bits per heavy atom. The molecule has 1 atom stereocenters. The summed E-state index contributed by atoms with van der Waals surface area (Å²) in [7, 11) is 0. The van der Waals surface area contributed by atoms with Crippen LogP contribution in [-0.2, 0) is 31.1 Å². The molecule has 6 heterocycles. The lowest BCUT2D eigenvalue weighted by Gasteiger charge is -2.32. The van der Waals surface area contributed by atoms with E-state index in [0.29, 0.717) is 91.1 Å². The third-order valence-corrected chi connectivity index (χ3v) is 11.1. The van der Waals surface area contributed by atoms with Gasteiger partial charge in [0.25, 0.3) is 5.56 Å². The molecule has 1 amide bonds. The van der Waals surface area contributed by atoms with Crippen molar-refractivity contribution >= 4 is 27.5 Å². The first kappa shape index (κ1) is 33.6. The fourth-order valence-electron chi connectivity index (χ4n) is 6.91. The van der Waals surface area contributed by atoms with Crippen molar-refractivity contribution in [3.05, 3.63) is 74.4 Å². The Morgan fingerprint density at radius 2 is 1.90 bits per heavy atom. The maximum Gasteiger partial charge on any atom is 0.333 e. The average Bonchev–Trinajstić information content (AvgIpc) is 3.85. The minimum absolute atomic E-state index is 0.0637. The molecule has 0 aliphatic carbocycles. The number of rotatable bonds is 11. The van der Waals surface area contributed by atoms with Gasteiger partial charge in [-0.15, -0.1) is 0 Å². The van der Waals surface area contributed by atoms with Crippen LogP contribution in [0.25, 0.3) is 15.2 Å². The highest BCUT2D eigenvalue weighted by molar-refractivity contribution is 7.21. The SMILES string of the molecule is Cc1c(-n2cccn2)sc2c1c(=O)n(C(C)(C)C(=O)N1CCCC1)c(=O)n2C[C@H](OC1CCOCC1)c1cc(F)ccc1OCC1COC1. The molecule has 0 spiro atoms. The molecule has 0 bridgehead atoms. The van der Waals surface area contributed by atoms with Gasteiger partial charge in [-0.1, -0.05) is 11.3 Å². The van der Waals surface area contributed by atoms with E-state index in [0.717, 1.165) is 17.4 Å². The molecule has 0 N–H and O–H groups in total. The van der Waals surface area contributed by atoms with E-state index in [1.807, 2.05) is 6.92 Å². The van der Waals surface area contributed by atoms with Crippen molar-refractivity contribution in [2.45, 2.75) is 70.7 Å². The van der Waals surface area contributed by atoms with Crippen molar-refractivity contribution in [1.29, 1.82) is 0 Å². The van der Waals surface area contributed by atoms with E-state index in [2.05, 4.69) is 5.10 Å². The standard InChI is InChI=1S/C35H42FN5O7S/c1-22-29-30(42)41(35(2,3)33(43)38-12-4-5-13-38)34(44)39(32(29)49-31(22)40-14-6-11-37-40)18-28(48-25-9-15-45-16-10-25)26-17-24(36)7-8-27(26)47-21-23-19-46-20-23/h6-8,11,14,17,23,25,28H,4-5,9-10,12-13,15-16,18-21H2,1-3H3/t28-/m0/s1. The monoisotopic (exact) mass is 695 g/mol. The molecule has 3 aliphatic rings. The number of thiophene rings is 1. The summed E-state index contributed by atoms with van der Waals surface area (Å²) in [4.78, 5) is 45.3. The molecule has 3 fully saturated rings. The zero-order chi connectivity index (χ0) is 34.3. The Hall–Kier alpha value is -3.85. The van der Waals surface area contributed by atoms with E-state index in [1.165, 1.54) is 28.0 Å². The van der Waals surface area contributed by atoms with Crippen LogP contribution in [0.5, 0.6) is 5.75 Å². The van der Waals surface area contributed by atoms with Gasteiger partial charge in [-0.3, -0.25) is 14.2 Å². The number of nitrogens with zero attached hydrogens (tertiary/aromatic N) is 5. The topological polar surface area (TPSA) is 119 Å². The highest BCUT2D eigenvalue weighted by Crippen LogP contribution is 2.36. The van der Waals surface area contributed by atoms with Crippen molar-refractivity contribution < 1.29 is 28.1 Å². The number of aromatic nitrogens is 4. The lowest BCUT2D eigenvalue weighted by atomic mass is 10.0. The van der Waals surface area contributed by atoms with Crippen molar-refractivity contribution in [2.75, 3.05) is 46.1 Å². The number of carbonyl (C=O) groups is 1. The number of carbonyl (C=O) groups excluding carboxylic acids is 1. The summed E-state index contributed by atoms with van der Waals surface area (Å²) in [5.74, 6) is -0.0791. The second-order valence-electron chi connectivity index (χ2n) is 13.6. The van der Waals surface area contributed by atoms with Crippen LogP contribution in [0.1, 0.15) is 56.8 Å². The van der Waals surface area contributed by atoms with E-state index < -0.39 is 28.7 Å². The molecular weight excluding hydrogens is 653 g/mol. The summed E-state index contributed by atoms with van der Waals surface area (Å²) >= 11 is 1.26. The van der Waals surface area contributed by atoms with Crippen LogP contribution in [0.15, 0.2) is 46.2 Å². The lowest BCUT2D eigenvalue weighted by Crippen LogP contribution is -2.56. The molecule has 0 unspecified atom stereocenters. The Balaban J connectivity index is 1.40. The molecule has 4 aromatic rings. The zero-order valence-corrected chi connectivity index (χ0v) is 28.9. The van der Waals surface area contributed by atoms with Crippen LogP contribution in [0.4, 0.5) is 4.39 Å². The van der Waals surface area contributed by atoms with E-state index >= 15 is 4.39 Å². The molecule has 3 aromatic heterocycles. The third-order valence-electron chi connectivity index (χ3n) is 9.75. The van der Waals surface area contributed by atoms with Gasteiger partial charge in [-0.05, 0) is 70.7 Å². The predicted octanol–water partition coefficient (Wildman–Crippen LogP) is 4.18. The number of likely N-dealkylation sites (tertiary alicyclic amines) is 1. The molecule has 14 heteroatoms. The first-order valence-electron chi connectivity index (χ1n) is 17.0. The van der Waals surface area contributed by atoms with Gasteiger partial charge in [0.1, 0.15) is 33.0 Å². The first-order chi connectivity index (χ1) is 23.6. The number of fused-ring (bicyclic) bond motifs is 1. The smallest absolute Gasteiger partial charge is 0.333 e. The highest BCUT2D eigenvalue weighted by atomic mass is 32.1. The summed E-state index contributed by atoms with van der Waals surface area (Å²) in [6.45, 7) is 8.78. The second-order valence-corrected chi connectivity index (χ2v) is 14.6. The maximum atomic E-state index is 15.0. The lowest BCUT2D eigenvalue weighted by molar-refractivity contribution is -0.138. The van der Waals surface area contributed by atoms with Crippen LogP contribution in [0.3, 0.4) is 0 Å². The van der Waals surface area contributed by atoms with Gasteiger partial charge >= 0.3 is 5.69 Å². The third kappa shape index (κ3) is 6.46. The van der Waals surface area contributed by atoms with Gasteiger partial charge in [0.05, 0.1) is 37.9 Å². The number of benzene rings is 1. The Bertz CT molecular complexity index is 1940. The van der Waals surface area contributed by atoms with Crippen LogP contribution < -0.4 is 16.0 Å². The molecular formula is C35H42FN5O7S. The van der Waals surface area contributed by atoms with Crippen molar-refractivity contribution in [3.8, 4) is 10.8 Å². The quantitative estimate of drug-likeness (QED) is 0.230. The molecule has 3 aliphatic heterocycles. The van der Waals surface area contributed by atoms with Crippen LogP contribution >= 0.6 is 11.3 Å². The maximum absolute atomic E-state index is 15.0. The summed E-state index contributed by atoms with van der Waals surface area (Å²) < 4.78 is 43.2. The normalized spacial score (nSPS) is 18.2. The zero-order valence-electron chi connectivity index (χ0n) is 28.1. The van der Waals surface area contributed by atoms with Gasteiger partial charge in [0, 0.05) is 55.7 Å². The molecule has 7 rings (SSSR count). The van der Waals surface area contributed by atoms with Crippen LogP contribution in [0, 0.1) is 18.7 Å². The van der Waals surface area contributed by atoms with Gasteiger partial charge < -0.3 is 23.8 Å². The summed E-state index contributed by atoms with van der Waals surface area (Å²) in [5.41, 5.74) is -1.57. The molecule has 12 nitrogen and oxygen atoms in total. The molecule has 0 radical (unpaired) electrons. The summed E-state index contributed by atoms with van der Waals surface area (Å²) in [6, 6.07) is 6.11. The Kier molecular flexibility index (Phi) is 9.48. The van der Waals surface area contributed by atoms with Gasteiger partial charge in [-0.2, -0.15) is 5.10 Å². The van der Waals surface area contributed by atoms with Crippen molar-refractivity contribution in [3.63, 3.8) is 0 Å². The first-order valence-corrected chi connectivity index (χ1v) is 17.8. The van der Waals surface area contributed by atoms with Crippen molar-refractivity contribution in [2.24, 2.45) is 5.92 Å². The van der Waals surface area contributed by atoms with Crippen LogP contribution in [-0.4, -0.2) is 81.9 Å². The molecule has 0 saturated carbocycles. The van der Waals surface area contributed by atoms with Gasteiger partial charge in [0.2, 0.25) is 5.91 Å². The fraction of sp³-hybridized carbons (Fsp3) is 0.543. The number of halogens is 1.